The maximum Gasteiger partial charge on any atom is 0.0606 e. The van der Waals surface area contributed by atoms with Crippen molar-refractivity contribution in [3.63, 3.8) is 0 Å². The highest BCUT2D eigenvalue weighted by atomic mass is 16.3. The van der Waals surface area contributed by atoms with Crippen molar-refractivity contribution in [2.75, 3.05) is 19.7 Å². The van der Waals surface area contributed by atoms with Crippen molar-refractivity contribution >= 4 is 0 Å². The largest absolute Gasteiger partial charge is 0.395 e. The maximum atomic E-state index is 8.99. The quantitative estimate of drug-likeness (QED) is 0.720. The Kier molecular flexibility index (Phi) is 3.04. The van der Waals surface area contributed by atoms with Gasteiger partial charge in [0.25, 0.3) is 0 Å². The van der Waals surface area contributed by atoms with Gasteiger partial charge in [-0.1, -0.05) is 24.3 Å². The molecule has 0 unspecified atom stereocenters. The SMILES string of the molecule is OCCN1CCCC=C2C=CCC=C21. The molecule has 2 rings (SSSR count). The van der Waals surface area contributed by atoms with Gasteiger partial charge in [0, 0.05) is 18.8 Å². The minimum Gasteiger partial charge on any atom is -0.395 e. The van der Waals surface area contributed by atoms with E-state index in [0.29, 0.717) is 0 Å². The third-order valence-corrected chi connectivity index (χ3v) is 2.75. The molecule has 0 aromatic heterocycles. The van der Waals surface area contributed by atoms with Gasteiger partial charge in [-0.15, -0.1) is 0 Å². The maximum absolute atomic E-state index is 8.99. The van der Waals surface area contributed by atoms with Crippen molar-refractivity contribution in [1.82, 2.24) is 4.90 Å². The third-order valence-electron chi connectivity index (χ3n) is 2.75. The Bertz CT molecular complexity index is 289. The average Bonchev–Trinajstić information content (AvgIpc) is 2.42. The Morgan fingerprint density at radius 1 is 1.36 bits per heavy atom. The lowest BCUT2D eigenvalue weighted by atomic mass is 10.0. The molecule has 2 heteroatoms. The van der Waals surface area contributed by atoms with E-state index < -0.39 is 0 Å². The molecule has 0 amide bonds. The first-order valence-corrected chi connectivity index (χ1v) is 5.35. The number of aliphatic hydroxyl groups is 1. The summed E-state index contributed by atoms with van der Waals surface area (Å²) < 4.78 is 0. The van der Waals surface area contributed by atoms with Crippen LogP contribution < -0.4 is 0 Å². The molecule has 0 spiro atoms. The molecule has 0 aromatic carbocycles. The van der Waals surface area contributed by atoms with Crippen molar-refractivity contribution in [2.45, 2.75) is 19.3 Å². The molecule has 2 nitrogen and oxygen atoms in total. The zero-order valence-electron chi connectivity index (χ0n) is 8.45. The van der Waals surface area contributed by atoms with Crippen molar-refractivity contribution in [3.8, 4) is 0 Å². The number of allylic oxidation sites excluding steroid dienone is 4. The zero-order valence-corrected chi connectivity index (χ0v) is 8.45. The molecule has 1 N–H and O–H groups in total. The Balaban J connectivity index is 2.20. The van der Waals surface area contributed by atoms with Crippen LogP contribution in [0.4, 0.5) is 0 Å². The summed E-state index contributed by atoms with van der Waals surface area (Å²) in [6, 6.07) is 0. The Labute approximate surface area is 85.2 Å². The second-order valence-electron chi connectivity index (χ2n) is 3.74. The van der Waals surface area contributed by atoms with E-state index in [2.05, 4.69) is 29.2 Å². The number of hydrogen-bond donors (Lipinski definition) is 1. The molecule has 0 fully saturated rings. The lowest BCUT2D eigenvalue weighted by Gasteiger charge is -2.27. The van der Waals surface area contributed by atoms with Crippen LogP contribution in [0.1, 0.15) is 19.3 Å². The lowest BCUT2D eigenvalue weighted by Crippen LogP contribution is -2.27. The van der Waals surface area contributed by atoms with Gasteiger partial charge < -0.3 is 10.0 Å². The number of nitrogens with zero attached hydrogens (tertiary/aromatic N) is 1. The molecule has 0 saturated heterocycles. The molecule has 1 aliphatic carbocycles. The summed E-state index contributed by atoms with van der Waals surface area (Å²) in [5, 5.41) is 8.99. The summed E-state index contributed by atoms with van der Waals surface area (Å²) in [6.07, 6.45) is 12.3. The number of rotatable bonds is 2. The summed E-state index contributed by atoms with van der Waals surface area (Å²) in [4.78, 5) is 2.29. The molecular formula is C12H17NO. The van der Waals surface area contributed by atoms with Crippen molar-refractivity contribution < 1.29 is 5.11 Å². The molecule has 14 heavy (non-hydrogen) atoms. The van der Waals surface area contributed by atoms with Crippen molar-refractivity contribution in [3.05, 3.63) is 35.6 Å². The van der Waals surface area contributed by atoms with Gasteiger partial charge in [-0.3, -0.25) is 0 Å². The average molecular weight is 191 g/mol. The molecule has 2 aliphatic rings. The van der Waals surface area contributed by atoms with Crippen molar-refractivity contribution in [2.24, 2.45) is 0 Å². The zero-order chi connectivity index (χ0) is 9.80. The van der Waals surface area contributed by atoms with E-state index in [0.717, 1.165) is 25.9 Å². The van der Waals surface area contributed by atoms with E-state index in [1.807, 2.05) is 0 Å². The monoisotopic (exact) mass is 191 g/mol. The van der Waals surface area contributed by atoms with Crippen LogP contribution in [-0.2, 0) is 0 Å². The minimum absolute atomic E-state index is 0.244. The summed E-state index contributed by atoms with van der Waals surface area (Å²) in [5.41, 5.74) is 2.65. The minimum atomic E-state index is 0.244. The van der Waals surface area contributed by atoms with E-state index in [-0.39, 0.29) is 6.61 Å². The molecular weight excluding hydrogens is 174 g/mol. The first-order valence-electron chi connectivity index (χ1n) is 5.35. The number of aliphatic hydroxyl groups excluding tert-OH is 1. The topological polar surface area (TPSA) is 23.5 Å². The number of fused-ring (bicyclic) bond motifs is 1. The Morgan fingerprint density at radius 2 is 2.29 bits per heavy atom. The highest BCUT2D eigenvalue weighted by Gasteiger charge is 2.15. The third kappa shape index (κ3) is 1.90. The van der Waals surface area contributed by atoms with E-state index >= 15 is 0 Å². The Morgan fingerprint density at radius 3 is 3.14 bits per heavy atom. The van der Waals surface area contributed by atoms with Crippen LogP contribution in [0.5, 0.6) is 0 Å². The highest BCUT2D eigenvalue weighted by Crippen LogP contribution is 2.25. The van der Waals surface area contributed by atoms with Crippen LogP contribution in [-0.4, -0.2) is 29.7 Å². The van der Waals surface area contributed by atoms with Gasteiger partial charge >= 0.3 is 0 Å². The van der Waals surface area contributed by atoms with E-state index in [1.165, 1.54) is 17.7 Å². The van der Waals surface area contributed by atoms with E-state index in [4.69, 9.17) is 5.11 Å². The predicted molar refractivity (Wildman–Crippen MR) is 57.8 cm³/mol. The smallest absolute Gasteiger partial charge is 0.0606 e. The van der Waals surface area contributed by atoms with Crippen LogP contribution in [0.15, 0.2) is 35.6 Å². The van der Waals surface area contributed by atoms with Gasteiger partial charge in [-0.25, -0.2) is 0 Å². The molecule has 0 aromatic rings. The first-order chi connectivity index (χ1) is 6.92. The predicted octanol–water partition coefficient (Wildman–Crippen LogP) is 1.84. The molecule has 76 valence electrons. The van der Waals surface area contributed by atoms with Crippen LogP contribution >= 0.6 is 0 Å². The van der Waals surface area contributed by atoms with Crippen LogP contribution in [0.3, 0.4) is 0 Å². The molecule has 1 aliphatic heterocycles. The molecule has 0 radical (unpaired) electrons. The highest BCUT2D eigenvalue weighted by molar-refractivity contribution is 5.42. The molecule has 1 heterocycles. The van der Waals surface area contributed by atoms with Crippen LogP contribution in [0, 0.1) is 0 Å². The van der Waals surface area contributed by atoms with Crippen molar-refractivity contribution in [1.29, 1.82) is 0 Å². The fourth-order valence-corrected chi connectivity index (χ4v) is 2.08. The summed E-state index contributed by atoms with van der Waals surface area (Å²) in [6.45, 7) is 2.07. The second-order valence-corrected chi connectivity index (χ2v) is 3.74. The standard InChI is InChI=1S/C12H17NO/c14-10-9-13-8-4-3-6-11-5-1-2-7-12(11)13/h1,5-7,14H,2-4,8-10H2. The molecule has 0 saturated carbocycles. The van der Waals surface area contributed by atoms with Crippen LogP contribution in [0.25, 0.3) is 0 Å². The summed E-state index contributed by atoms with van der Waals surface area (Å²) in [7, 11) is 0. The van der Waals surface area contributed by atoms with Gasteiger partial charge in [0.2, 0.25) is 0 Å². The lowest BCUT2D eigenvalue weighted by molar-refractivity contribution is 0.229. The van der Waals surface area contributed by atoms with Gasteiger partial charge in [-0.05, 0) is 24.8 Å². The van der Waals surface area contributed by atoms with Gasteiger partial charge in [0.05, 0.1) is 6.61 Å². The summed E-state index contributed by atoms with van der Waals surface area (Å²) in [5.74, 6) is 0. The molecule has 0 bridgehead atoms. The first kappa shape index (κ1) is 9.53. The normalized spacial score (nSPS) is 21.1. The molecule has 0 atom stereocenters. The van der Waals surface area contributed by atoms with Gasteiger partial charge in [-0.2, -0.15) is 0 Å². The number of β-amino-alcohol motifs (C(OH)–C–C–N with tert-alkyl or cyclic N) is 1. The van der Waals surface area contributed by atoms with E-state index in [1.54, 1.807) is 0 Å². The fraction of sp³-hybridized carbons (Fsp3) is 0.500. The van der Waals surface area contributed by atoms with Crippen LogP contribution in [0.2, 0.25) is 0 Å². The summed E-state index contributed by atoms with van der Waals surface area (Å²) >= 11 is 0. The van der Waals surface area contributed by atoms with E-state index in [9.17, 15) is 0 Å². The Hall–Kier alpha value is -1.02. The fourth-order valence-electron chi connectivity index (χ4n) is 2.08. The number of hydrogen-bond acceptors (Lipinski definition) is 2. The van der Waals surface area contributed by atoms with Gasteiger partial charge in [0.1, 0.15) is 0 Å². The van der Waals surface area contributed by atoms with Gasteiger partial charge in [0.15, 0.2) is 0 Å². The second kappa shape index (κ2) is 4.47.